The molecule has 0 unspecified atom stereocenters. The molecule has 308 valence electrons. The largest absolute Gasteiger partial charge is 0.407 e. The van der Waals surface area contributed by atoms with Gasteiger partial charge in [-0.15, -0.1) is 0 Å². The number of para-hydroxylation sites is 1. The molecule has 62 heavy (non-hydrogen) atoms. The van der Waals surface area contributed by atoms with E-state index in [-0.39, 0.29) is 29.4 Å². The van der Waals surface area contributed by atoms with Crippen molar-refractivity contribution in [3.8, 4) is 0 Å². The van der Waals surface area contributed by atoms with Gasteiger partial charge in [0.2, 0.25) is 5.91 Å². The Balaban J connectivity index is 1.22. The number of rotatable bonds is 14. The number of amides is 1. The monoisotopic (exact) mass is 828 g/mol. The third-order valence-corrected chi connectivity index (χ3v) is 17.9. The van der Waals surface area contributed by atoms with Crippen molar-refractivity contribution in [1.82, 2.24) is 4.98 Å². The molecule has 1 amide bonds. The molecule has 1 heterocycles. The van der Waals surface area contributed by atoms with Crippen molar-refractivity contribution in [3.05, 3.63) is 241 Å². The van der Waals surface area contributed by atoms with Crippen LogP contribution < -0.4 is 15.7 Å². The molecule has 1 saturated carbocycles. The van der Waals surface area contributed by atoms with Crippen LogP contribution >= 0.6 is 0 Å². The molecule has 0 radical (unpaired) electrons. The topological polar surface area (TPSA) is 60.5 Å². The average Bonchev–Trinajstić information content (AvgIpc) is 3.99. The van der Waals surface area contributed by atoms with Crippen LogP contribution in [0.2, 0.25) is 5.04 Å². The lowest BCUT2D eigenvalue weighted by Crippen LogP contribution is -2.66. The summed E-state index contributed by atoms with van der Waals surface area (Å²) in [4.78, 5) is 20.6. The van der Waals surface area contributed by atoms with Crippen LogP contribution in [0.5, 0.6) is 0 Å². The Hall–Kier alpha value is -6.44. The van der Waals surface area contributed by atoms with E-state index in [9.17, 15) is 0 Å². The van der Waals surface area contributed by atoms with Gasteiger partial charge in [-0.1, -0.05) is 221 Å². The first-order valence-corrected chi connectivity index (χ1v) is 23.5. The molecule has 5 nitrogen and oxygen atoms in total. The number of aromatic nitrogens is 1. The molecule has 9 rings (SSSR count). The highest BCUT2D eigenvalue weighted by atomic mass is 28.4. The average molecular weight is 829 g/mol. The second-order valence-corrected chi connectivity index (χ2v) is 21.7. The highest BCUT2D eigenvalue weighted by Gasteiger charge is 2.71. The normalized spacial score (nSPS) is 17.7. The van der Waals surface area contributed by atoms with Gasteiger partial charge in [-0.05, 0) is 49.8 Å². The van der Waals surface area contributed by atoms with Crippen molar-refractivity contribution in [3.63, 3.8) is 0 Å². The molecular formula is C56H52N2O3Si. The van der Waals surface area contributed by atoms with E-state index in [4.69, 9.17) is 14.1 Å². The smallest absolute Gasteiger partial charge is 0.261 e. The molecule has 3 atom stereocenters. The summed E-state index contributed by atoms with van der Waals surface area (Å²) in [6.45, 7) is 7.33. The molecule has 8 aromatic rings. The number of hydrogen-bond donors (Lipinski definition) is 1. The Morgan fingerprint density at radius 1 is 0.597 bits per heavy atom. The number of pyridine rings is 1. The minimum Gasteiger partial charge on any atom is -0.407 e. The summed E-state index contributed by atoms with van der Waals surface area (Å²) in [6, 6.07) is 72.9. The second-order valence-electron chi connectivity index (χ2n) is 17.4. The zero-order valence-corrected chi connectivity index (χ0v) is 36.5. The summed E-state index contributed by atoms with van der Waals surface area (Å²) in [5, 5.41) is 6.52. The Kier molecular flexibility index (Phi) is 11.3. The van der Waals surface area contributed by atoms with E-state index >= 15 is 4.79 Å². The Morgan fingerprint density at radius 3 is 1.56 bits per heavy atom. The fourth-order valence-electron chi connectivity index (χ4n) is 9.94. The summed E-state index contributed by atoms with van der Waals surface area (Å²) in [7, 11) is -3.01. The first kappa shape index (κ1) is 40.9. The van der Waals surface area contributed by atoms with Crippen LogP contribution in [0.25, 0.3) is 10.9 Å². The standard InChI is InChI=1S/C56H52N2O3Si/c1-54(2,3)62(47-34-18-8-19-35-47,48-36-20-9-21-37-48)61-40-49-51(42-24-10-4-11-25-42)55(49,53(59)58-50-38-22-26-43-27-23-39-57-52(43)50)41-60-56(44-28-12-5-13-29-44,45-30-14-6-15-31-45)46-32-16-7-17-33-46/h4-39,49,51H,40-41H2,1-3H3,(H,58,59)/t49-,51-,55+/m1/s1. The van der Waals surface area contributed by atoms with Crippen molar-refractivity contribution in [2.24, 2.45) is 11.3 Å². The van der Waals surface area contributed by atoms with Gasteiger partial charge in [-0.2, -0.15) is 0 Å². The lowest BCUT2D eigenvalue weighted by Gasteiger charge is -2.43. The van der Waals surface area contributed by atoms with E-state index in [0.717, 1.165) is 33.2 Å². The maximum absolute atomic E-state index is 15.9. The minimum absolute atomic E-state index is 0.101. The maximum atomic E-state index is 15.9. The molecule has 0 spiro atoms. The van der Waals surface area contributed by atoms with E-state index < -0.39 is 19.3 Å². The van der Waals surface area contributed by atoms with Crippen LogP contribution in [0.15, 0.2) is 219 Å². The van der Waals surface area contributed by atoms with Gasteiger partial charge in [-0.3, -0.25) is 9.78 Å². The van der Waals surface area contributed by atoms with E-state index in [1.807, 2.05) is 54.6 Å². The van der Waals surface area contributed by atoms with E-state index in [0.29, 0.717) is 12.3 Å². The van der Waals surface area contributed by atoms with Crippen molar-refractivity contribution in [2.75, 3.05) is 18.5 Å². The van der Waals surface area contributed by atoms with Gasteiger partial charge in [-0.25, -0.2) is 0 Å². The first-order valence-electron chi connectivity index (χ1n) is 21.5. The molecular weight excluding hydrogens is 777 g/mol. The summed E-state index contributed by atoms with van der Waals surface area (Å²) < 4.78 is 15.4. The van der Waals surface area contributed by atoms with Crippen LogP contribution in [-0.4, -0.2) is 32.4 Å². The van der Waals surface area contributed by atoms with Gasteiger partial charge in [0.15, 0.2) is 0 Å². The number of carbonyl (C=O) groups excluding carboxylic acids is 1. The summed E-state index contributed by atoms with van der Waals surface area (Å²) in [5.41, 5.74) is 3.29. The molecule has 1 N–H and O–H groups in total. The Morgan fingerprint density at radius 2 is 1.06 bits per heavy atom. The Labute approximate surface area is 366 Å². The van der Waals surface area contributed by atoms with E-state index in [1.54, 1.807) is 6.20 Å². The van der Waals surface area contributed by atoms with Gasteiger partial charge in [0, 0.05) is 30.0 Å². The van der Waals surface area contributed by atoms with E-state index in [1.165, 1.54) is 10.4 Å². The van der Waals surface area contributed by atoms with Gasteiger partial charge >= 0.3 is 0 Å². The third-order valence-electron chi connectivity index (χ3n) is 12.9. The summed E-state index contributed by atoms with van der Waals surface area (Å²) in [5.74, 6) is -0.608. The number of benzene rings is 7. The number of nitrogens with zero attached hydrogens (tertiary/aromatic N) is 1. The number of fused-ring (bicyclic) bond motifs is 1. The number of hydrogen-bond acceptors (Lipinski definition) is 4. The highest BCUT2D eigenvalue weighted by Crippen LogP contribution is 2.67. The van der Waals surface area contributed by atoms with Crippen LogP contribution in [-0.2, 0) is 19.6 Å². The van der Waals surface area contributed by atoms with Crippen molar-refractivity contribution < 1.29 is 14.0 Å². The SMILES string of the molecule is CC(C)(C)[Si](OC[C@@H]1[C@@H](c2ccccc2)[C@@]1(COC(c1ccccc1)(c1ccccc1)c1ccccc1)C(=O)Nc1cccc2cccnc12)(c1ccccc1)c1ccccc1. The predicted molar refractivity (Wildman–Crippen MR) is 254 cm³/mol. The number of anilines is 1. The maximum Gasteiger partial charge on any atom is 0.261 e. The molecule has 1 aromatic heterocycles. The second kappa shape index (κ2) is 17.1. The molecule has 7 aromatic carbocycles. The number of nitrogens with one attached hydrogen (secondary N) is 1. The molecule has 6 heteroatoms. The molecule has 0 saturated heterocycles. The van der Waals surface area contributed by atoms with E-state index in [2.05, 4.69) is 184 Å². The van der Waals surface area contributed by atoms with Gasteiger partial charge in [0.05, 0.1) is 23.2 Å². The molecule has 1 aliphatic rings. The quantitative estimate of drug-likeness (QED) is 0.0876. The zero-order valence-electron chi connectivity index (χ0n) is 35.5. The first-order chi connectivity index (χ1) is 30.3. The van der Waals surface area contributed by atoms with Crippen molar-refractivity contribution >= 4 is 41.2 Å². The fourth-order valence-corrected chi connectivity index (χ4v) is 14.5. The molecule has 0 aliphatic heterocycles. The lowest BCUT2D eigenvalue weighted by molar-refractivity contribution is -0.127. The molecule has 1 aliphatic carbocycles. The summed E-state index contributed by atoms with van der Waals surface area (Å²) >= 11 is 0. The van der Waals surface area contributed by atoms with Gasteiger partial charge in [0.1, 0.15) is 5.60 Å². The number of carbonyl (C=O) groups is 1. The molecule has 0 bridgehead atoms. The van der Waals surface area contributed by atoms with Crippen LogP contribution in [0.1, 0.15) is 48.9 Å². The van der Waals surface area contributed by atoms with Gasteiger partial charge < -0.3 is 14.5 Å². The van der Waals surface area contributed by atoms with Crippen LogP contribution in [0.4, 0.5) is 5.69 Å². The third kappa shape index (κ3) is 7.28. The highest BCUT2D eigenvalue weighted by molar-refractivity contribution is 6.99. The fraction of sp³-hybridized carbons (Fsp3) is 0.179. The molecule has 1 fully saturated rings. The minimum atomic E-state index is -3.01. The lowest BCUT2D eigenvalue weighted by atomic mass is 9.80. The van der Waals surface area contributed by atoms with Crippen LogP contribution in [0, 0.1) is 11.3 Å². The van der Waals surface area contributed by atoms with Crippen molar-refractivity contribution in [2.45, 2.75) is 37.3 Å². The predicted octanol–water partition coefficient (Wildman–Crippen LogP) is 11.2. The Bertz CT molecular complexity index is 2590. The zero-order chi connectivity index (χ0) is 42.6. The summed E-state index contributed by atoms with van der Waals surface area (Å²) in [6.07, 6.45) is 1.77. The van der Waals surface area contributed by atoms with Gasteiger partial charge in [0.25, 0.3) is 8.32 Å². The number of ether oxygens (including phenoxy) is 1. The van der Waals surface area contributed by atoms with Crippen LogP contribution in [0.3, 0.4) is 0 Å². The van der Waals surface area contributed by atoms with Crippen molar-refractivity contribution in [1.29, 1.82) is 0 Å².